The molecule has 1 aromatic carbocycles. The minimum Gasteiger partial charge on any atom is -0.496 e. The lowest BCUT2D eigenvalue weighted by Gasteiger charge is -2.16. The zero-order valence-electron chi connectivity index (χ0n) is 10.1. The maximum Gasteiger partial charge on any atom is 0.122 e. The van der Waals surface area contributed by atoms with E-state index in [-0.39, 0.29) is 0 Å². The largest absolute Gasteiger partial charge is 0.496 e. The normalized spacial score (nSPS) is 13.9. The predicted octanol–water partition coefficient (Wildman–Crippen LogP) is 2.18. The summed E-state index contributed by atoms with van der Waals surface area (Å²) in [7, 11) is 1.65. The van der Waals surface area contributed by atoms with Crippen molar-refractivity contribution >= 4 is 0 Å². The van der Waals surface area contributed by atoms with Crippen LogP contribution in [0.5, 0.6) is 5.75 Å². The smallest absolute Gasteiger partial charge is 0.122 e. The van der Waals surface area contributed by atoms with Crippen LogP contribution < -0.4 is 10.5 Å². The van der Waals surface area contributed by atoms with Gasteiger partial charge in [0.05, 0.1) is 13.2 Å². The summed E-state index contributed by atoms with van der Waals surface area (Å²) >= 11 is 0. The summed E-state index contributed by atoms with van der Waals surface area (Å²) in [5.41, 5.74) is 7.31. The molecule has 0 aromatic heterocycles. The van der Waals surface area contributed by atoms with Crippen LogP contribution in [-0.2, 0) is 6.42 Å². The molecule has 0 bridgehead atoms. The fourth-order valence-corrected chi connectivity index (χ4v) is 1.55. The van der Waals surface area contributed by atoms with Crippen molar-refractivity contribution in [3.05, 3.63) is 29.3 Å². The summed E-state index contributed by atoms with van der Waals surface area (Å²) in [4.78, 5) is 0. The van der Waals surface area contributed by atoms with Crippen molar-refractivity contribution in [2.24, 2.45) is 5.73 Å². The highest BCUT2D eigenvalue weighted by atomic mass is 16.5. The number of rotatable bonds is 4. The summed E-state index contributed by atoms with van der Waals surface area (Å²) < 4.78 is 5.28. The van der Waals surface area contributed by atoms with E-state index in [0.29, 0.717) is 6.42 Å². The Morgan fingerprint density at radius 2 is 2.19 bits per heavy atom. The molecule has 0 aliphatic carbocycles. The Morgan fingerprint density at radius 3 is 2.75 bits per heavy atom. The molecule has 0 saturated heterocycles. The van der Waals surface area contributed by atoms with Crippen molar-refractivity contribution in [3.63, 3.8) is 0 Å². The Balaban J connectivity index is 2.81. The Hall–Kier alpha value is -1.53. The summed E-state index contributed by atoms with van der Waals surface area (Å²) in [5, 5.41) is 8.85. The second-order valence-electron chi connectivity index (χ2n) is 4.34. The highest BCUT2D eigenvalue weighted by Crippen LogP contribution is 2.22. The highest BCUT2D eigenvalue weighted by Gasteiger charge is 2.17. The van der Waals surface area contributed by atoms with E-state index in [4.69, 9.17) is 15.7 Å². The standard InChI is InChI=1S/C13H18N2O/c1-10-4-5-12(16-3)11(8-10)6-7-13(2,15)9-14/h4-5,8H,6-7,15H2,1-3H3. The van der Waals surface area contributed by atoms with Crippen LogP contribution in [0.15, 0.2) is 18.2 Å². The first-order valence-corrected chi connectivity index (χ1v) is 5.32. The third-order valence-corrected chi connectivity index (χ3v) is 2.60. The van der Waals surface area contributed by atoms with Gasteiger partial charge in [0, 0.05) is 0 Å². The molecule has 1 atom stereocenters. The Bertz CT molecular complexity index is 405. The third-order valence-electron chi connectivity index (χ3n) is 2.60. The van der Waals surface area contributed by atoms with E-state index in [0.717, 1.165) is 17.7 Å². The van der Waals surface area contributed by atoms with Crippen molar-refractivity contribution < 1.29 is 4.74 Å². The number of nitrogens with two attached hydrogens (primary N) is 1. The van der Waals surface area contributed by atoms with Gasteiger partial charge in [-0.1, -0.05) is 17.7 Å². The monoisotopic (exact) mass is 218 g/mol. The zero-order chi connectivity index (χ0) is 12.2. The molecule has 0 amide bonds. The summed E-state index contributed by atoms with van der Waals surface area (Å²) in [6.07, 6.45) is 1.38. The van der Waals surface area contributed by atoms with Gasteiger partial charge in [0.15, 0.2) is 0 Å². The molecular weight excluding hydrogens is 200 g/mol. The molecule has 3 heteroatoms. The molecule has 0 heterocycles. The molecule has 0 radical (unpaired) electrons. The first-order chi connectivity index (χ1) is 7.48. The lowest BCUT2D eigenvalue weighted by molar-refractivity contribution is 0.407. The minimum atomic E-state index is -0.769. The van der Waals surface area contributed by atoms with Gasteiger partial charge >= 0.3 is 0 Å². The van der Waals surface area contributed by atoms with E-state index < -0.39 is 5.54 Å². The molecule has 3 nitrogen and oxygen atoms in total. The number of aryl methyl sites for hydroxylation is 2. The van der Waals surface area contributed by atoms with Crippen molar-refractivity contribution in [3.8, 4) is 11.8 Å². The summed E-state index contributed by atoms with van der Waals surface area (Å²) in [5.74, 6) is 0.860. The average molecular weight is 218 g/mol. The molecule has 0 fully saturated rings. The van der Waals surface area contributed by atoms with Gasteiger partial charge in [-0.2, -0.15) is 5.26 Å². The van der Waals surface area contributed by atoms with E-state index in [1.165, 1.54) is 5.56 Å². The number of hydrogen-bond acceptors (Lipinski definition) is 3. The van der Waals surface area contributed by atoms with Gasteiger partial charge in [-0.3, -0.25) is 0 Å². The molecule has 0 aliphatic heterocycles. The van der Waals surface area contributed by atoms with E-state index in [9.17, 15) is 0 Å². The number of nitriles is 1. The fraction of sp³-hybridized carbons (Fsp3) is 0.462. The third kappa shape index (κ3) is 3.25. The molecule has 0 aliphatic rings. The first kappa shape index (κ1) is 12.5. The topological polar surface area (TPSA) is 59.0 Å². The van der Waals surface area contributed by atoms with Crippen LogP contribution in [0.1, 0.15) is 24.5 Å². The lowest BCUT2D eigenvalue weighted by Crippen LogP contribution is -2.34. The molecule has 2 N–H and O–H groups in total. The predicted molar refractivity (Wildman–Crippen MR) is 64.3 cm³/mol. The van der Waals surface area contributed by atoms with E-state index >= 15 is 0 Å². The molecule has 1 unspecified atom stereocenters. The molecule has 86 valence electrons. The molecular formula is C13H18N2O. The van der Waals surface area contributed by atoms with Gasteiger partial charge in [0.25, 0.3) is 0 Å². The second kappa shape index (κ2) is 5.00. The molecule has 0 spiro atoms. The molecule has 1 aromatic rings. The van der Waals surface area contributed by atoms with Crippen LogP contribution in [0.4, 0.5) is 0 Å². The van der Waals surface area contributed by atoms with Gasteiger partial charge in [-0.15, -0.1) is 0 Å². The van der Waals surface area contributed by atoms with Crippen LogP contribution in [0, 0.1) is 18.3 Å². The Morgan fingerprint density at radius 1 is 1.50 bits per heavy atom. The maximum absolute atomic E-state index is 8.85. The van der Waals surface area contributed by atoms with Crippen LogP contribution in [0.2, 0.25) is 0 Å². The lowest BCUT2D eigenvalue weighted by atomic mass is 9.95. The summed E-state index contributed by atoms with van der Waals surface area (Å²) in [6, 6.07) is 8.13. The first-order valence-electron chi connectivity index (χ1n) is 5.32. The molecule has 1 rings (SSSR count). The van der Waals surface area contributed by atoms with Crippen molar-refractivity contribution in [1.82, 2.24) is 0 Å². The van der Waals surface area contributed by atoms with Gasteiger partial charge in [0.1, 0.15) is 11.3 Å². The minimum absolute atomic E-state index is 0.628. The maximum atomic E-state index is 8.85. The number of nitrogens with zero attached hydrogens (tertiary/aromatic N) is 1. The Kier molecular flexibility index (Phi) is 3.92. The second-order valence-corrected chi connectivity index (χ2v) is 4.34. The van der Waals surface area contributed by atoms with E-state index in [1.54, 1.807) is 14.0 Å². The number of benzene rings is 1. The van der Waals surface area contributed by atoms with E-state index in [1.807, 2.05) is 19.1 Å². The van der Waals surface area contributed by atoms with Crippen molar-refractivity contribution in [2.45, 2.75) is 32.2 Å². The number of hydrogen-bond donors (Lipinski definition) is 1. The van der Waals surface area contributed by atoms with Gasteiger partial charge in [-0.25, -0.2) is 0 Å². The average Bonchev–Trinajstić information content (AvgIpc) is 2.27. The zero-order valence-corrected chi connectivity index (χ0v) is 10.1. The SMILES string of the molecule is COc1ccc(C)cc1CCC(C)(N)C#N. The quantitative estimate of drug-likeness (QED) is 0.842. The number of ether oxygens (including phenoxy) is 1. The van der Waals surface area contributed by atoms with Crippen LogP contribution in [0.25, 0.3) is 0 Å². The summed E-state index contributed by atoms with van der Waals surface area (Å²) in [6.45, 7) is 3.78. The molecule has 16 heavy (non-hydrogen) atoms. The van der Waals surface area contributed by atoms with Crippen LogP contribution in [-0.4, -0.2) is 12.6 Å². The number of methoxy groups -OCH3 is 1. The highest BCUT2D eigenvalue weighted by molar-refractivity contribution is 5.37. The van der Waals surface area contributed by atoms with Crippen LogP contribution >= 0.6 is 0 Å². The van der Waals surface area contributed by atoms with Gasteiger partial charge in [0.2, 0.25) is 0 Å². The van der Waals surface area contributed by atoms with Crippen LogP contribution in [0.3, 0.4) is 0 Å². The Labute approximate surface area is 96.8 Å². The van der Waals surface area contributed by atoms with Gasteiger partial charge < -0.3 is 10.5 Å². The van der Waals surface area contributed by atoms with Crippen molar-refractivity contribution in [1.29, 1.82) is 5.26 Å². The van der Waals surface area contributed by atoms with E-state index in [2.05, 4.69) is 12.1 Å². The fourth-order valence-electron chi connectivity index (χ4n) is 1.55. The van der Waals surface area contributed by atoms with Crippen molar-refractivity contribution in [2.75, 3.05) is 7.11 Å². The van der Waals surface area contributed by atoms with Gasteiger partial charge in [-0.05, 0) is 38.3 Å². The molecule has 0 saturated carbocycles.